The number of amides is 2. The third kappa shape index (κ3) is 5.37. The molecule has 8 heteroatoms. The first kappa shape index (κ1) is 22.3. The van der Waals surface area contributed by atoms with Crippen molar-refractivity contribution in [1.82, 2.24) is 14.7 Å². The van der Waals surface area contributed by atoms with Gasteiger partial charge in [-0.05, 0) is 24.6 Å². The molecule has 2 aromatic rings. The smallest absolute Gasteiger partial charge is 0.271 e. The number of aliphatic hydroxyl groups is 1. The fourth-order valence-corrected chi connectivity index (χ4v) is 2.41. The normalized spacial score (nSPS) is 14.8. The third-order valence-electron chi connectivity index (χ3n) is 3.89. The van der Waals surface area contributed by atoms with E-state index in [1.807, 2.05) is 18.2 Å². The standard InChI is InChI=1S/C13H12N4O.C5H9NO2.C2H2/c1-3-9-5-4-6-10(7-9)17-8-11(15-2)12(16-17)13(14)18;1-6-3-2-4(7)5(6)8;1-2/h1,4-8,15H,2H3,(H2,14,18);4,7H,2-3H2,1H3;1-2H/t;4-;/m.0./s1. The Hall–Kier alpha value is -3.75. The number of rotatable bonds is 3. The van der Waals surface area contributed by atoms with Gasteiger partial charge in [-0.25, -0.2) is 4.68 Å². The van der Waals surface area contributed by atoms with E-state index in [2.05, 4.69) is 29.2 Å². The van der Waals surface area contributed by atoms with E-state index in [9.17, 15) is 9.59 Å². The number of hydrogen-bond donors (Lipinski definition) is 3. The van der Waals surface area contributed by atoms with Gasteiger partial charge < -0.3 is 21.1 Å². The highest BCUT2D eigenvalue weighted by Gasteiger charge is 2.25. The quantitative estimate of drug-likeness (QED) is 0.668. The van der Waals surface area contributed by atoms with Crippen molar-refractivity contribution in [2.75, 3.05) is 26.0 Å². The number of benzene rings is 1. The maximum atomic E-state index is 11.2. The molecule has 0 bridgehead atoms. The van der Waals surface area contributed by atoms with Gasteiger partial charge in [-0.15, -0.1) is 19.3 Å². The van der Waals surface area contributed by atoms with Gasteiger partial charge in [0, 0.05) is 26.2 Å². The molecule has 1 aliphatic rings. The first-order chi connectivity index (χ1) is 13.4. The predicted octanol–water partition coefficient (Wildman–Crippen LogP) is 0.453. The van der Waals surface area contributed by atoms with E-state index < -0.39 is 12.0 Å². The van der Waals surface area contributed by atoms with Crippen LogP contribution in [0, 0.1) is 25.2 Å². The lowest BCUT2D eigenvalue weighted by molar-refractivity contribution is -0.133. The second kappa shape index (κ2) is 10.4. The van der Waals surface area contributed by atoms with Crippen molar-refractivity contribution in [3.05, 3.63) is 41.7 Å². The Balaban J connectivity index is 0.000000327. The van der Waals surface area contributed by atoms with Gasteiger partial charge in [-0.1, -0.05) is 12.0 Å². The molecule has 2 amide bonds. The highest BCUT2D eigenvalue weighted by atomic mass is 16.3. The Morgan fingerprint density at radius 1 is 1.43 bits per heavy atom. The molecule has 3 rings (SSSR count). The molecule has 0 unspecified atom stereocenters. The molecule has 8 nitrogen and oxygen atoms in total. The van der Waals surface area contributed by atoms with E-state index in [1.165, 1.54) is 4.90 Å². The fraction of sp³-hybridized carbons (Fsp3) is 0.250. The Bertz CT molecular complexity index is 883. The predicted molar refractivity (Wildman–Crippen MR) is 108 cm³/mol. The van der Waals surface area contributed by atoms with Crippen LogP contribution < -0.4 is 11.1 Å². The number of aliphatic hydroxyl groups excluding tert-OH is 1. The van der Waals surface area contributed by atoms with Gasteiger partial charge in [-0.3, -0.25) is 9.59 Å². The van der Waals surface area contributed by atoms with E-state index in [0.717, 1.165) is 11.3 Å². The molecule has 0 radical (unpaired) electrons. The topological polar surface area (TPSA) is 113 Å². The largest absolute Gasteiger partial charge is 0.385 e. The lowest BCUT2D eigenvalue weighted by Gasteiger charge is -2.04. The number of aromatic nitrogens is 2. The average molecular weight is 381 g/mol. The highest BCUT2D eigenvalue weighted by Crippen LogP contribution is 2.17. The first-order valence-corrected chi connectivity index (χ1v) is 8.28. The van der Waals surface area contributed by atoms with Crippen LogP contribution in [0.3, 0.4) is 0 Å². The zero-order valence-electron chi connectivity index (χ0n) is 15.8. The molecule has 1 saturated heterocycles. The van der Waals surface area contributed by atoms with Gasteiger partial charge in [0.05, 0.1) is 17.6 Å². The summed E-state index contributed by atoms with van der Waals surface area (Å²) in [5.74, 6) is 1.82. The van der Waals surface area contributed by atoms with Crippen molar-refractivity contribution in [1.29, 1.82) is 0 Å². The summed E-state index contributed by atoms with van der Waals surface area (Å²) in [4.78, 5) is 23.3. The van der Waals surface area contributed by atoms with Crippen molar-refractivity contribution in [3.63, 3.8) is 0 Å². The van der Waals surface area contributed by atoms with Gasteiger partial charge in [0.15, 0.2) is 5.69 Å². The summed E-state index contributed by atoms with van der Waals surface area (Å²) in [6.07, 6.45) is 14.9. The van der Waals surface area contributed by atoms with Crippen LogP contribution >= 0.6 is 0 Å². The number of primary amides is 1. The molecule has 2 heterocycles. The van der Waals surface area contributed by atoms with Crippen LogP contribution in [0.4, 0.5) is 5.69 Å². The summed E-state index contributed by atoms with van der Waals surface area (Å²) in [6, 6.07) is 7.30. The molecule has 4 N–H and O–H groups in total. The summed E-state index contributed by atoms with van der Waals surface area (Å²) in [7, 11) is 3.39. The van der Waals surface area contributed by atoms with Gasteiger partial charge in [-0.2, -0.15) is 5.10 Å². The van der Waals surface area contributed by atoms with E-state index in [0.29, 0.717) is 18.7 Å². The molecule has 1 fully saturated rings. The number of nitrogens with zero attached hydrogens (tertiary/aromatic N) is 3. The minimum absolute atomic E-state index is 0.148. The molecule has 1 aromatic carbocycles. The number of anilines is 1. The summed E-state index contributed by atoms with van der Waals surface area (Å²) in [5.41, 5.74) is 7.54. The Morgan fingerprint density at radius 3 is 2.50 bits per heavy atom. The molecular formula is C20H23N5O3. The third-order valence-corrected chi connectivity index (χ3v) is 3.89. The molecule has 0 aliphatic carbocycles. The fourth-order valence-electron chi connectivity index (χ4n) is 2.41. The Kier molecular flexibility index (Phi) is 8.29. The number of likely N-dealkylation sites (N-methyl/N-ethyl adjacent to an activating group) is 1. The Labute approximate surface area is 164 Å². The molecule has 0 saturated carbocycles. The van der Waals surface area contributed by atoms with Gasteiger partial charge in [0.1, 0.15) is 6.10 Å². The second-order valence-corrected chi connectivity index (χ2v) is 5.71. The molecule has 1 aliphatic heterocycles. The average Bonchev–Trinajstić information content (AvgIpc) is 3.29. The van der Waals surface area contributed by atoms with Crippen LogP contribution in [-0.2, 0) is 4.79 Å². The van der Waals surface area contributed by atoms with Crippen LogP contribution in [0.15, 0.2) is 30.5 Å². The number of terminal acetylenes is 2. The number of hydrogen-bond acceptors (Lipinski definition) is 5. The Morgan fingerprint density at radius 2 is 2.11 bits per heavy atom. The maximum Gasteiger partial charge on any atom is 0.271 e. The maximum absolute atomic E-state index is 11.2. The SMILES string of the molecule is C#C.C#Cc1cccc(-n2cc(NC)c(C(N)=O)n2)c1.CN1CC[C@H](O)C1=O. The first-order valence-electron chi connectivity index (χ1n) is 8.28. The van der Waals surface area contributed by atoms with Crippen molar-refractivity contribution < 1.29 is 14.7 Å². The van der Waals surface area contributed by atoms with E-state index in [1.54, 1.807) is 31.0 Å². The zero-order valence-corrected chi connectivity index (χ0v) is 15.8. The van der Waals surface area contributed by atoms with Gasteiger partial charge in [0.2, 0.25) is 0 Å². The second-order valence-electron chi connectivity index (χ2n) is 5.71. The molecule has 146 valence electrons. The van der Waals surface area contributed by atoms with E-state index in [4.69, 9.17) is 17.3 Å². The van der Waals surface area contributed by atoms with Gasteiger partial charge >= 0.3 is 0 Å². The summed E-state index contributed by atoms with van der Waals surface area (Å²) in [6.45, 7) is 0.694. The van der Waals surface area contributed by atoms with E-state index in [-0.39, 0.29) is 11.6 Å². The lowest BCUT2D eigenvalue weighted by Crippen LogP contribution is -2.24. The minimum Gasteiger partial charge on any atom is -0.385 e. The number of nitrogens with one attached hydrogen (secondary N) is 1. The molecule has 0 spiro atoms. The van der Waals surface area contributed by atoms with Crippen LogP contribution in [0.2, 0.25) is 0 Å². The van der Waals surface area contributed by atoms with E-state index >= 15 is 0 Å². The zero-order chi connectivity index (χ0) is 21.3. The van der Waals surface area contributed by atoms with Crippen LogP contribution in [0.5, 0.6) is 0 Å². The van der Waals surface area contributed by atoms with Crippen molar-refractivity contribution in [3.8, 4) is 30.9 Å². The lowest BCUT2D eigenvalue weighted by atomic mass is 10.2. The number of likely N-dealkylation sites (tertiary alicyclic amines) is 1. The molecule has 28 heavy (non-hydrogen) atoms. The molecule has 1 aromatic heterocycles. The molecular weight excluding hydrogens is 358 g/mol. The van der Waals surface area contributed by atoms with Crippen LogP contribution in [0.25, 0.3) is 5.69 Å². The summed E-state index contributed by atoms with van der Waals surface area (Å²) >= 11 is 0. The van der Waals surface area contributed by atoms with Crippen LogP contribution in [0.1, 0.15) is 22.5 Å². The number of nitrogens with two attached hydrogens (primary N) is 1. The summed E-state index contributed by atoms with van der Waals surface area (Å²) < 4.78 is 1.56. The van der Waals surface area contributed by atoms with Crippen molar-refractivity contribution in [2.24, 2.45) is 5.73 Å². The number of carbonyl (C=O) groups is 2. The number of carbonyl (C=O) groups excluding carboxylic acids is 2. The van der Waals surface area contributed by atoms with Crippen molar-refractivity contribution >= 4 is 17.5 Å². The van der Waals surface area contributed by atoms with Gasteiger partial charge in [0.25, 0.3) is 11.8 Å². The monoisotopic (exact) mass is 381 g/mol. The molecule has 1 atom stereocenters. The highest BCUT2D eigenvalue weighted by molar-refractivity contribution is 5.96. The summed E-state index contributed by atoms with van der Waals surface area (Å²) in [5, 5.41) is 15.8. The van der Waals surface area contributed by atoms with Crippen LogP contribution in [-0.4, -0.2) is 58.3 Å². The minimum atomic E-state index is -0.722. The van der Waals surface area contributed by atoms with Crippen molar-refractivity contribution in [2.45, 2.75) is 12.5 Å².